The SMILES string of the molecule is C[C@H](N)C(=O)OP(=O)(OC[C@H]1O[C@@H](n2cnc3c(=O)[nH]c(N)nc32)[C@](C)(O)[C@@H]1O)OOCc1ccccc1. The van der Waals surface area contributed by atoms with Gasteiger partial charge in [0.15, 0.2) is 17.4 Å². The van der Waals surface area contributed by atoms with E-state index in [1.54, 1.807) is 30.3 Å². The van der Waals surface area contributed by atoms with Gasteiger partial charge in [-0.2, -0.15) is 4.98 Å². The van der Waals surface area contributed by atoms with Gasteiger partial charge >= 0.3 is 13.8 Å². The number of ether oxygens (including phenoxy) is 1. The summed E-state index contributed by atoms with van der Waals surface area (Å²) in [7, 11) is -4.74. The summed E-state index contributed by atoms with van der Waals surface area (Å²) in [5.74, 6) is -1.31. The molecule has 7 N–H and O–H groups in total. The molecule has 0 bridgehead atoms. The maximum Gasteiger partial charge on any atom is 0.560 e. The summed E-state index contributed by atoms with van der Waals surface area (Å²) in [5.41, 5.74) is 9.08. The lowest BCUT2D eigenvalue weighted by molar-refractivity contribution is -0.237. The largest absolute Gasteiger partial charge is 0.560 e. The van der Waals surface area contributed by atoms with Gasteiger partial charge in [-0.05, 0) is 19.4 Å². The van der Waals surface area contributed by atoms with Crippen LogP contribution in [0.2, 0.25) is 0 Å². The molecule has 3 heterocycles. The topological polar surface area (TPSA) is 236 Å². The van der Waals surface area contributed by atoms with Crippen LogP contribution in [0.4, 0.5) is 5.95 Å². The highest BCUT2D eigenvalue weighted by Crippen LogP contribution is 2.51. The molecule has 0 amide bonds. The van der Waals surface area contributed by atoms with Crippen molar-refractivity contribution in [2.24, 2.45) is 5.73 Å². The summed E-state index contributed by atoms with van der Waals surface area (Å²) < 4.78 is 35.0. The number of aliphatic hydroxyl groups excluding tert-OH is 1. The van der Waals surface area contributed by atoms with Gasteiger partial charge in [0, 0.05) is 0 Å². The molecule has 3 aromatic rings. The van der Waals surface area contributed by atoms with Crippen molar-refractivity contribution in [3.63, 3.8) is 0 Å². The number of aromatic amines is 1. The van der Waals surface area contributed by atoms with Gasteiger partial charge in [0.25, 0.3) is 5.56 Å². The zero-order chi connectivity index (χ0) is 27.7. The number of nitrogen functional groups attached to an aromatic ring is 1. The lowest BCUT2D eigenvalue weighted by Crippen LogP contribution is -2.44. The van der Waals surface area contributed by atoms with E-state index in [0.29, 0.717) is 5.56 Å². The number of rotatable bonds is 10. The monoisotopic (exact) mass is 554 g/mol. The molecule has 1 saturated heterocycles. The number of benzene rings is 1. The second-order valence-electron chi connectivity index (χ2n) is 8.74. The van der Waals surface area contributed by atoms with Crippen molar-refractivity contribution in [2.45, 2.75) is 50.5 Å². The second-order valence-corrected chi connectivity index (χ2v) is 10.2. The number of hydrogen-bond donors (Lipinski definition) is 5. The number of aromatic nitrogens is 4. The average Bonchev–Trinajstić information content (AvgIpc) is 3.36. The number of fused-ring (bicyclic) bond motifs is 1. The summed E-state index contributed by atoms with van der Waals surface area (Å²) in [6, 6.07) is 7.54. The number of anilines is 1. The molecule has 1 aromatic carbocycles. The van der Waals surface area contributed by atoms with Gasteiger partial charge in [0.1, 0.15) is 30.5 Å². The average molecular weight is 554 g/mol. The Hall–Kier alpha value is -3.21. The van der Waals surface area contributed by atoms with Crippen LogP contribution in [-0.2, 0) is 39.3 Å². The maximum atomic E-state index is 13.2. The molecule has 1 fully saturated rings. The summed E-state index contributed by atoms with van der Waals surface area (Å²) in [5, 5.41) is 21.8. The zero-order valence-electron chi connectivity index (χ0n) is 20.3. The fourth-order valence-electron chi connectivity index (χ4n) is 3.65. The fourth-order valence-corrected chi connectivity index (χ4v) is 4.67. The normalized spacial score (nSPS) is 25.8. The predicted octanol–water partition coefficient (Wildman–Crippen LogP) is -0.125. The Morgan fingerprint density at radius 1 is 1.37 bits per heavy atom. The number of nitrogens with two attached hydrogens (primary N) is 2. The third-order valence-corrected chi connectivity index (χ3v) is 6.80. The van der Waals surface area contributed by atoms with Crippen LogP contribution in [0.3, 0.4) is 0 Å². The molecule has 1 aliphatic rings. The van der Waals surface area contributed by atoms with Crippen LogP contribution in [0.25, 0.3) is 11.2 Å². The van der Waals surface area contributed by atoms with Gasteiger partial charge < -0.3 is 30.9 Å². The highest BCUT2D eigenvalue weighted by molar-refractivity contribution is 7.48. The van der Waals surface area contributed by atoms with E-state index in [-0.39, 0.29) is 23.7 Å². The number of carbonyl (C=O) groups excluding carboxylic acids is 1. The zero-order valence-corrected chi connectivity index (χ0v) is 21.2. The van der Waals surface area contributed by atoms with E-state index in [2.05, 4.69) is 15.0 Å². The molecule has 1 aliphatic heterocycles. The number of H-pyrrole nitrogens is 1. The number of phosphoric ester groups is 1. The maximum absolute atomic E-state index is 13.2. The minimum Gasteiger partial charge on any atom is -0.387 e. The van der Waals surface area contributed by atoms with Crippen LogP contribution in [0.15, 0.2) is 41.5 Å². The van der Waals surface area contributed by atoms with Gasteiger partial charge in [-0.25, -0.2) is 19.2 Å². The molecule has 0 aliphatic carbocycles. The smallest absolute Gasteiger partial charge is 0.387 e. The van der Waals surface area contributed by atoms with Crippen LogP contribution in [0.1, 0.15) is 25.6 Å². The summed E-state index contributed by atoms with van der Waals surface area (Å²) in [6.07, 6.45) is -3.10. The molecule has 4 rings (SSSR count). The van der Waals surface area contributed by atoms with Gasteiger partial charge in [0.05, 0.1) is 12.9 Å². The molecule has 17 heteroatoms. The highest BCUT2D eigenvalue weighted by Gasteiger charge is 2.54. The first-order valence-electron chi connectivity index (χ1n) is 11.3. The van der Waals surface area contributed by atoms with Crippen molar-refractivity contribution >= 4 is 30.9 Å². The number of hydrogen-bond acceptors (Lipinski definition) is 14. The summed E-state index contributed by atoms with van der Waals surface area (Å²) >= 11 is 0. The lowest BCUT2D eigenvalue weighted by atomic mass is 9.96. The van der Waals surface area contributed by atoms with Gasteiger partial charge in [-0.15, -0.1) is 4.67 Å². The number of carbonyl (C=O) groups is 1. The van der Waals surface area contributed by atoms with Crippen LogP contribution < -0.4 is 17.0 Å². The second kappa shape index (κ2) is 10.9. The van der Waals surface area contributed by atoms with Gasteiger partial charge in [-0.3, -0.25) is 18.9 Å². The molecular formula is C21H27N6O10P. The van der Waals surface area contributed by atoms with Crippen molar-refractivity contribution in [1.29, 1.82) is 0 Å². The Morgan fingerprint density at radius 3 is 2.76 bits per heavy atom. The van der Waals surface area contributed by atoms with E-state index >= 15 is 0 Å². The Bertz CT molecular complexity index is 1390. The summed E-state index contributed by atoms with van der Waals surface area (Å²) in [4.78, 5) is 39.4. The number of aliphatic hydroxyl groups is 2. The first kappa shape index (κ1) is 27.8. The van der Waals surface area contributed by atoms with E-state index in [1.807, 2.05) is 0 Å². The molecular weight excluding hydrogens is 527 g/mol. The van der Waals surface area contributed by atoms with E-state index in [0.717, 1.165) is 0 Å². The number of nitrogens with zero attached hydrogens (tertiary/aromatic N) is 3. The van der Waals surface area contributed by atoms with Crippen molar-refractivity contribution in [3.8, 4) is 0 Å². The van der Waals surface area contributed by atoms with Crippen LogP contribution in [-0.4, -0.2) is 66.2 Å². The number of nitrogens with one attached hydrogen (secondary N) is 1. The van der Waals surface area contributed by atoms with Gasteiger partial charge in [-0.1, -0.05) is 30.3 Å². The molecule has 2 aromatic heterocycles. The van der Waals surface area contributed by atoms with E-state index in [9.17, 15) is 24.4 Å². The number of phosphoric acid groups is 1. The van der Waals surface area contributed by atoms with Crippen molar-refractivity contribution < 1.29 is 42.9 Å². The molecule has 0 saturated carbocycles. The van der Waals surface area contributed by atoms with E-state index in [1.165, 1.54) is 24.7 Å². The molecule has 206 valence electrons. The molecule has 0 radical (unpaired) electrons. The Balaban J connectivity index is 1.50. The standard InChI is InChI=1S/C21H27N6O10P/c1-11(22)18(30)36-38(32,37-33-8-12-6-4-3-5-7-12)34-9-13-15(28)21(2,31)19(35-13)27-10-24-14-16(27)25-20(23)26-17(14)29/h3-7,10-11,13,15,19,28,31H,8-9,22H2,1-2H3,(H3,23,25,26,29)/t11-,13+,15+,19+,21+,38?/m0/s1. The van der Waals surface area contributed by atoms with Crippen molar-refractivity contribution in [3.05, 3.63) is 52.6 Å². The molecule has 16 nitrogen and oxygen atoms in total. The van der Waals surface area contributed by atoms with Crippen LogP contribution in [0, 0.1) is 0 Å². The van der Waals surface area contributed by atoms with E-state index in [4.69, 9.17) is 34.8 Å². The third-order valence-electron chi connectivity index (χ3n) is 5.64. The molecule has 1 unspecified atom stereocenters. The Morgan fingerprint density at radius 2 is 2.08 bits per heavy atom. The Labute approximate surface area is 215 Å². The van der Waals surface area contributed by atoms with Crippen LogP contribution in [0.5, 0.6) is 0 Å². The first-order chi connectivity index (χ1) is 17.9. The Kier molecular flexibility index (Phi) is 7.96. The van der Waals surface area contributed by atoms with Crippen LogP contribution >= 0.6 is 7.82 Å². The van der Waals surface area contributed by atoms with Gasteiger partial charge in [0.2, 0.25) is 5.95 Å². The highest BCUT2D eigenvalue weighted by atomic mass is 31.2. The minimum atomic E-state index is -4.74. The first-order valence-corrected chi connectivity index (χ1v) is 12.7. The molecule has 6 atom stereocenters. The van der Waals surface area contributed by atoms with Crippen molar-refractivity contribution in [2.75, 3.05) is 12.3 Å². The predicted molar refractivity (Wildman–Crippen MR) is 129 cm³/mol. The molecule has 38 heavy (non-hydrogen) atoms. The number of imidazole rings is 1. The van der Waals surface area contributed by atoms with E-state index < -0.39 is 56.0 Å². The third kappa shape index (κ3) is 5.77. The minimum absolute atomic E-state index is 0.0144. The quantitative estimate of drug-likeness (QED) is 0.125. The fraction of sp³-hybridized carbons (Fsp3) is 0.429. The van der Waals surface area contributed by atoms with Crippen molar-refractivity contribution in [1.82, 2.24) is 19.5 Å². The lowest BCUT2D eigenvalue weighted by Gasteiger charge is -2.27. The summed E-state index contributed by atoms with van der Waals surface area (Å²) in [6.45, 7) is 1.71. The molecule has 0 spiro atoms.